The van der Waals surface area contributed by atoms with E-state index >= 15 is 0 Å². The average molecular weight is 373 g/mol. The molecule has 0 aliphatic heterocycles. The number of imidazole rings is 1. The SMILES string of the molecule is C[C@@H](NC(=O)Cn1c(=O)cnc2ccccc21)c1ccc(-n2ccnc2)cc1. The lowest BCUT2D eigenvalue weighted by Crippen LogP contribution is -2.34. The molecule has 4 aromatic rings. The Balaban J connectivity index is 1.48. The van der Waals surface area contributed by atoms with Gasteiger partial charge in [-0.15, -0.1) is 0 Å². The van der Waals surface area contributed by atoms with Gasteiger partial charge in [-0.1, -0.05) is 24.3 Å². The number of hydrogen-bond acceptors (Lipinski definition) is 4. The molecule has 0 spiro atoms. The van der Waals surface area contributed by atoms with E-state index in [1.54, 1.807) is 18.6 Å². The number of carbonyl (C=O) groups is 1. The lowest BCUT2D eigenvalue weighted by Gasteiger charge is -2.16. The molecule has 2 aromatic heterocycles. The molecule has 1 N–H and O–H groups in total. The van der Waals surface area contributed by atoms with Gasteiger partial charge in [0.1, 0.15) is 6.54 Å². The summed E-state index contributed by atoms with van der Waals surface area (Å²) in [6, 6.07) is 15.0. The molecule has 4 rings (SSSR count). The number of amides is 1. The Hall–Kier alpha value is -3.74. The van der Waals surface area contributed by atoms with Crippen molar-refractivity contribution in [1.29, 1.82) is 0 Å². The van der Waals surface area contributed by atoms with Crippen molar-refractivity contribution in [3.8, 4) is 5.69 Å². The summed E-state index contributed by atoms with van der Waals surface area (Å²) in [5.41, 5.74) is 2.99. The van der Waals surface area contributed by atoms with Crippen molar-refractivity contribution in [3.05, 3.63) is 89.4 Å². The molecule has 0 saturated heterocycles. The van der Waals surface area contributed by atoms with Gasteiger partial charge in [0.2, 0.25) is 5.91 Å². The van der Waals surface area contributed by atoms with Crippen LogP contribution in [0, 0.1) is 0 Å². The molecule has 0 unspecified atom stereocenters. The summed E-state index contributed by atoms with van der Waals surface area (Å²) in [5, 5.41) is 2.95. The van der Waals surface area contributed by atoms with E-state index in [1.807, 2.05) is 60.2 Å². The van der Waals surface area contributed by atoms with E-state index in [0.717, 1.165) is 11.3 Å². The maximum absolute atomic E-state index is 12.5. The Labute approximate surface area is 161 Å². The molecular formula is C21H19N5O2. The van der Waals surface area contributed by atoms with Crippen LogP contribution in [0.3, 0.4) is 0 Å². The standard InChI is InChI=1S/C21H19N5O2/c1-15(16-6-8-17(9-7-16)25-11-10-22-14-25)24-20(27)13-26-19-5-3-2-4-18(19)23-12-21(26)28/h2-12,14-15H,13H2,1H3,(H,24,27)/t15-/m1/s1. The molecule has 0 fully saturated rings. The topological polar surface area (TPSA) is 81.8 Å². The number of para-hydroxylation sites is 2. The average Bonchev–Trinajstić information content (AvgIpc) is 3.25. The third-order valence-electron chi connectivity index (χ3n) is 4.63. The van der Waals surface area contributed by atoms with Crippen LogP contribution in [0.15, 0.2) is 78.2 Å². The molecule has 1 amide bonds. The number of carbonyl (C=O) groups excluding carboxylic acids is 1. The number of nitrogens with one attached hydrogen (secondary N) is 1. The molecule has 0 aliphatic carbocycles. The third-order valence-corrected chi connectivity index (χ3v) is 4.63. The number of fused-ring (bicyclic) bond motifs is 1. The maximum Gasteiger partial charge on any atom is 0.269 e. The van der Waals surface area contributed by atoms with Gasteiger partial charge in [0.25, 0.3) is 5.56 Å². The van der Waals surface area contributed by atoms with E-state index in [1.165, 1.54) is 10.8 Å². The van der Waals surface area contributed by atoms with Crippen molar-refractivity contribution in [3.63, 3.8) is 0 Å². The van der Waals surface area contributed by atoms with Gasteiger partial charge in [-0.25, -0.2) is 9.97 Å². The van der Waals surface area contributed by atoms with Crippen LogP contribution in [0.5, 0.6) is 0 Å². The molecule has 0 bridgehead atoms. The molecule has 0 aliphatic rings. The van der Waals surface area contributed by atoms with Gasteiger partial charge in [0, 0.05) is 18.1 Å². The first kappa shape index (κ1) is 17.7. The van der Waals surface area contributed by atoms with E-state index in [4.69, 9.17) is 0 Å². The van der Waals surface area contributed by atoms with E-state index < -0.39 is 0 Å². The lowest BCUT2D eigenvalue weighted by atomic mass is 10.1. The molecule has 7 nitrogen and oxygen atoms in total. The van der Waals surface area contributed by atoms with E-state index in [9.17, 15) is 9.59 Å². The van der Waals surface area contributed by atoms with Gasteiger partial charge in [0.15, 0.2) is 0 Å². The van der Waals surface area contributed by atoms with Gasteiger partial charge >= 0.3 is 0 Å². The second-order valence-electron chi connectivity index (χ2n) is 6.52. The van der Waals surface area contributed by atoms with Crippen LogP contribution < -0.4 is 10.9 Å². The molecule has 28 heavy (non-hydrogen) atoms. The minimum absolute atomic E-state index is 0.0562. The second kappa shape index (κ2) is 7.48. The molecule has 1 atom stereocenters. The quantitative estimate of drug-likeness (QED) is 0.583. The van der Waals surface area contributed by atoms with E-state index in [2.05, 4.69) is 15.3 Å². The Morgan fingerprint density at radius 1 is 1.14 bits per heavy atom. The first-order valence-corrected chi connectivity index (χ1v) is 8.94. The molecule has 0 radical (unpaired) electrons. The van der Waals surface area contributed by atoms with E-state index in [-0.39, 0.29) is 24.1 Å². The molecule has 2 heterocycles. The van der Waals surface area contributed by atoms with Crippen LogP contribution in [0.4, 0.5) is 0 Å². The van der Waals surface area contributed by atoms with Gasteiger partial charge in [-0.3, -0.25) is 14.2 Å². The van der Waals surface area contributed by atoms with Crippen molar-refractivity contribution in [2.24, 2.45) is 0 Å². The Kier molecular flexibility index (Phi) is 4.72. The lowest BCUT2D eigenvalue weighted by molar-refractivity contribution is -0.122. The van der Waals surface area contributed by atoms with Crippen molar-refractivity contribution in [2.75, 3.05) is 0 Å². The summed E-state index contributed by atoms with van der Waals surface area (Å²) >= 11 is 0. The summed E-state index contributed by atoms with van der Waals surface area (Å²) in [5.74, 6) is -0.232. The molecule has 7 heteroatoms. The summed E-state index contributed by atoms with van der Waals surface area (Å²) in [7, 11) is 0. The maximum atomic E-state index is 12.5. The van der Waals surface area contributed by atoms with Crippen LogP contribution in [0.1, 0.15) is 18.5 Å². The highest BCUT2D eigenvalue weighted by molar-refractivity contribution is 5.80. The van der Waals surface area contributed by atoms with Crippen LogP contribution in [0.2, 0.25) is 0 Å². The van der Waals surface area contributed by atoms with Gasteiger partial charge < -0.3 is 9.88 Å². The largest absolute Gasteiger partial charge is 0.348 e. The van der Waals surface area contributed by atoms with Crippen molar-refractivity contribution < 1.29 is 4.79 Å². The zero-order valence-electron chi connectivity index (χ0n) is 15.3. The van der Waals surface area contributed by atoms with Crippen LogP contribution in [-0.4, -0.2) is 25.0 Å². The Morgan fingerprint density at radius 3 is 2.68 bits per heavy atom. The zero-order chi connectivity index (χ0) is 19.5. The first-order chi connectivity index (χ1) is 13.6. The summed E-state index contributed by atoms with van der Waals surface area (Å²) < 4.78 is 3.35. The fourth-order valence-electron chi connectivity index (χ4n) is 3.14. The predicted octanol–water partition coefficient (Wildman–Crippen LogP) is 2.46. The molecular weight excluding hydrogens is 354 g/mol. The second-order valence-corrected chi connectivity index (χ2v) is 6.52. The zero-order valence-corrected chi connectivity index (χ0v) is 15.3. The highest BCUT2D eigenvalue weighted by Crippen LogP contribution is 2.16. The number of rotatable bonds is 5. The molecule has 140 valence electrons. The van der Waals surface area contributed by atoms with Crippen molar-refractivity contribution in [1.82, 2.24) is 24.4 Å². The normalized spacial score (nSPS) is 12.0. The van der Waals surface area contributed by atoms with Gasteiger partial charge in [0.05, 0.1) is 29.6 Å². The molecule has 0 saturated carbocycles. The van der Waals surface area contributed by atoms with Gasteiger partial charge in [-0.2, -0.15) is 0 Å². The number of hydrogen-bond donors (Lipinski definition) is 1. The minimum Gasteiger partial charge on any atom is -0.348 e. The number of aromatic nitrogens is 4. The number of nitrogens with zero attached hydrogens (tertiary/aromatic N) is 4. The van der Waals surface area contributed by atoms with Crippen LogP contribution in [0.25, 0.3) is 16.7 Å². The summed E-state index contributed by atoms with van der Waals surface area (Å²) in [6.45, 7) is 1.86. The minimum atomic E-state index is -0.300. The van der Waals surface area contributed by atoms with Crippen LogP contribution >= 0.6 is 0 Å². The Bertz CT molecular complexity index is 1160. The monoisotopic (exact) mass is 373 g/mol. The van der Waals surface area contributed by atoms with E-state index in [0.29, 0.717) is 11.0 Å². The first-order valence-electron chi connectivity index (χ1n) is 8.94. The fraction of sp³-hybridized carbons (Fsp3) is 0.143. The highest BCUT2D eigenvalue weighted by Gasteiger charge is 2.13. The van der Waals surface area contributed by atoms with Crippen molar-refractivity contribution >= 4 is 16.9 Å². The van der Waals surface area contributed by atoms with Crippen molar-refractivity contribution in [2.45, 2.75) is 19.5 Å². The smallest absolute Gasteiger partial charge is 0.269 e. The summed E-state index contributed by atoms with van der Waals surface area (Å²) in [6.07, 6.45) is 6.57. The van der Waals surface area contributed by atoms with Crippen LogP contribution in [-0.2, 0) is 11.3 Å². The highest BCUT2D eigenvalue weighted by atomic mass is 16.2. The predicted molar refractivity (Wildman–Crippen MR) is 106 cm³/mol. The Morgan fingerprint density at radius 2 is 1.93 bits per heavy atom. The number of benzene rings is 2. The molecule has 2 aromatic carbocycles. The fourth-order valence-corrected chi connectivity index (χ4v) is 3.14. The van der Waals surface area contributed by atoms with Gasteiger partial charge in [-0.05, 0) is 36.8 Å². The third kappa shape index (κ3) is 3.55. The summed E-state index contributed by atoms with van der Waals surface area (Å²) in [4.78, 5) is 32.9.